The van der Waals surface area contributed by atoms with Crippen LogP contribution in [0.2, 0.25) is 5.02 Å². The highest BCUT2D eigenvalue weighted by molar-refractivity contribution is 7.20. The Bertz CT molecular complexity index is 1210. The first kappa shape index (κ1) is 21.9. The van der Waals surface area contributed by atoms with Crippen molar-refractivity contribution in [2.75, 3.05) is 24.5 Å². The monoisotopic (exact) mass is 479 g/mol. The lowest BCUT2D eigenvalue weighted by molar-refractivity contribution is -0.125. The maximum Gasteiger partial charge on any atom is 0.223 e. The molecule has 1 aliphatic heterocycles. The number of nitrogens with zero attached hydrogens (tertiary/aromatic N) is 4. The number of piperidine rings is 1. The number of carbonyl (C=O) groups is 1. The summed E-state index contributed by atoms with van der Waals surface area (Å²) in [4.78, 5) is 20.5. The molecule has 0 atom stereocenters. The van der Waals surface area contributed by atoms with Crippen molar-refractivity contribution in [3.63, 3.8) is 0 Å². The zero-order valence-electron chi connectivity index (χ0n) is 18.5. The van der Waals surface area contributed by atoms with Gasteiger partial charge in [-0.05, 0) is 43.9 Å². The summed E-state index contributed by atoms with van der Waals surface area (Å²) in [6.45, 7) is 4.39. The predicted molar refractivity (Wildman–Crippen MR) is 134 cm³/mol. The van der Waals surface area contributed by atoms with E-state index < -0.39 is 0 Å². The minimum atomic E-state index is 0.0589. The molecule has 2 aromatic carbocycles. The average molecular weight is 480 g/mol. The van der Waals surface area contributed by atoms with Crippen LogP contribution < -0.4 is 10.2 Å². The summed E-state index contributed by atoms with van der Waals surface area (Å²) in [5, 5.41) is 9.54. The van der Waals surface area contributed by atoms with E-state index in [0.717, 1.165) is 58.7 Å². The Labute approximate surface area is 202 Å². The summed E-state index contributed by atoms with van der Waals surface area (Å²) >= 11 is 7.53. The van der Waals surface area contributed by atoms with Crippen LogP contribution in [0.3, 0.4) is 0 Å². The first-order chi connectivity index (χ1) is 16.0. The molecular formula is C25H26ClN5OS. The fourth-order valence-corrected chi connectivity index (χ4v) is 5.20. The second-order valence-corrected chi connectivity index (χ2v) is 9.90. The Morgan fingerprint density at radius 2 is 1.85 bits per heavy atom. The van der Waals surface area contributed by atoms with Crippen molar-refractivity contribution in [1.82, 2.24) is 19.9 Å². The van der Waals surface area contributed by atoms with Gasteiger partial charge in [-0.25, -0.2) is 9.50 Å². The molecule has 6 nitrogen and oxygen atoms in total. The number of fused-ring (bicyclic) bond motifs is 1. The highest BCUT2D eigenvalue weighted by atomic mass is 35.5. The third kappa shape index (κ3) is 5.04. The molecule has 0 aliphatic carbocycles. The third-order valence-electron chi connectivity index (χ3n) is 6.14. The van der Waals surface area contributed by atoms with E-state index in [1.165, 1.54) is 11.1 Å². The van der Waals surface area contributed by atoms with E-state index in [4.69, 9.17) is 21.7 Å². The van der Waals surface area contributed by atoms with Crippen molar-refractivity contribution in [3.8, 4) is 11.3 Å². The number of nitrogens with one attached hydrogen (secondary N) is 1. The quantitative estimate of drug-likeness (QED) is 0.423. The summed E-state index contributed by atoms with van der Waals surface area (Å²) in [5.41, 5.74) is 4.45. The SMILES string of the molecule is Cc1ccc(-c2cn3nc(N4CCC(C(=O)NCCc5ccc(Cl)cc5)CC4)sc3n2)cc1. The van der Waals surface area contributed by atoms with Crippen LogP contribution in [-0.2, 0) is 11.2 Å². The number of amides is 1. The Morgan fingerprint density at radius 1 is 1.12 bits per heavy atom. The molecule has 5 rings (SSSR count). The van der Waals surface area contributed by atoms with Crippen molar-refractivity contribution in [2.45, 2.75) is 26.2 Å². The number of aromatic nitrogens is 3. The van der Waals surface area contributed by atoms with Gasteiger partial charge in [0.25, 0.3) is 0 Å². The van der Waals surface area contributed by atoms with Crippen LogP contribution in [-0.4, -0.2) is 40.1 Å². The summed E-state index contributed by atoms with van der Waals surface area (Å²) in [5.74, 6) is 0.212. The van der Waals surface area contributed by atoms with E-state index in [9.17, 15) is 4.79 Å². The third-order valence-corrected chi connectivity index (χ3v) is 7.38. The Hall–Kier alpha value is -2.90. The number of hydrogen-bond acceptors (Lipinski definition) is 5. The van der Waals surface area contributed by atoms with Crippen molar-refractivity contribution < 1.29 is 4.79 Å². The van der Waals surface area contributed by atoms with Crippen LogP contribution in [0.25, 0.3) is 16.2 Å². The summed E-state index contributed by atoms with van der Waals surface area (Å²) in [6.07, 6.45) is 4.47. The van der Waals surface area contributed by atoms with Crippen LogP contribution in [0.1, 0.15) is 24.0 Å². The van der Waals surface area contributed by atoms with Crippen LogP contribution in [0.4, 0.5) is 5.13 Å². The molecule has 0 spiro atoms. The highest BCUT2D eigenvalue weighted by Gasteiger charge is 2.26. The number of rotatable bonds is 6. The lowest BCUT2D eigenvalue weighted by atomic mass is 9.96. The van der Waals surface area contributed by atoms with Crippen molar-refractivity contribution in [1.29, 1.82) is 0 Å². The zero-order chi connectivity index (χ0) is 22.8. The van der Waals surface area contributed by atoms with Crippen LogP contribution in [0, 0.1) is 12.8 Å². The second-order valence-electron chi connectivity index (χ2n) is 8.53. The topological polar surface area (TPSA) is 62.5 Å². The summed E-state index contributed by atoms with van der Waals surface area (Å²) in [7, 11) is 0. The molecule has 170 valence electrons. The number of anilines is 1. The highest BCUT2D eigenvalue weighted by Crippen LogP contribution is 2.29. The first-order valence-electron chi connectivity index (χ1n) is 11.3. The van der Waals surface area contributed by atoms with Gasteiger partial charge in [0.05, 0.1) is 11.9 Å². The molecule has 0 saturated carbocycles. The van der Waals surface area contributed by atoms with Crippen molar-refractivity contribution in [3.05, 3.63) is 70.9 Å². The molecule has 0 unspecified atom stereocenters. The predicted octanol–water partition coefficient (Wildman–Crippen LogP) is 4.99. The van der Waals surface area contributed by atoms with Crippen LogP contribution >= 0.6 is 22.9 Å². The van der Waals surface area contributed by atoms with E-state index in [0.29, 0.717) is 6.54 Å². The minimum absolute atomic E-state index is 0.0589. The maximum absolute atomic E-state index is 12.6. The van der Waals surface area contributed by atoms with E-state index in [1.54, 1.807) is 11.3 Å². The van der Waals surface area contributed by atoms with Crippen molar-refractivity contribution in [2.24, 2.45) is 5.92 Å². The molecule has 0 bridgehead atoms. The first-order valence-corrected chi connectivity index (χ1v) is 12.4. The molecule has 3 heterocycles. The normalized spacial score (nSPS) is 14.7. The molecule has 1 N–H and O–H groups in total. The molecular weight excluding hydrogens is 454 g/mol. The fourth-order valence-electron chi connectivity index (χ4n) is 4.14. The largest absolute Gasteiger partial charge is 0.356 e. The fraction of sp³-hybridized carbons (Fsp3) is 0.320. The molecule has 2 aromatic heterocycles. The van der Waals surface area contributed by atoms with Crippen molar-refractivity contribution >= 4 is 38.9 Å². The molecule has 1 aliphatic rings. The van der Waals surface area contributed by atoms with Gasteiger partial charge in [-0.15, -0.1) is 5.10 Å². The number of aryl methyl sites for hydroxylation is 1. The van der Waals surface area contributed by atoms with Crippen LogP contribution in [0.15, 0.2) is 54.7 Å². The van der Waals surface area contributed by atoms with Crippen LogP contribution in [0.5, 0.6) is 0 Å². The van der Waals surface area contributed by atoms with Gasteiger partial charge < -0.3 is 10.2 Å². The maximum atomic E-state index is 12.6. The molecule has 4 aromatic rings. The number of imidazole rings is 1. The minimum Gasteiger partial charge on any atom is -0.356 e. The van der Waals surface area contributed by atoms with E-state index in [-0.39, 0.29) is 11.8 Å². The molecule has 33 heavy (non-hydrogen) atoms. The standard InChI is InChI=1S/C25H26ClN5OS/c1-17-2-6-19(7-3-17)22-16-31-24(28-22)33-25(29-31)30-14-11-20(12-15-30)23(32)27-13-10-18-4-8-21(26)9-5-18/h2-9,16,20H,10-15H2,1H3,(H,27,32). The van der Waals surface area contributed by atoms with Gasteiger partial charge in [-0.2, -0.15) is 0 Å². The average Bonchev–Trinajstić information content (AvgIpc) is 3.41. The Balaban J connectivity index is 1.13. The van der Waals surface area contributed by atoms with Gasteiger partial charge in [0.15, 0.2) is 0 Å². The Morgan fingerprint density at radius 3 is 2.55 bits per heavy atom. The number of benzene rings is 2. The van der Waals surface area contributed by atoms with Gasteiger partial charge >= 0.3 is 0 Å². The van der Waals surface area contributed by atoms with E-state index in [2.05, 4.69) is 41.4 Å². The van der Waals surface area contributed by atoms with Gasteiger partial charge in [0.2, 0.25) is 16.0 Å². The summed E-state index contributed by atoms with van der Waals surface area (Å²) < 4.78 is 1.87. The van der Waals surface area contributed by atoms with Gasteiger partial charge in [0.1, 0.15) is 0 Å². The molecule has 1 amide bonds. The van der Waals surface area contributed by atoms with E-state index in [1.807, 2.05) is 35.0 Å². The molecule has 1 saturated heterocycles. The zero-order valence-corrected chi connectivity index (χ0v) is 20.1. The number of hydrogen-bond donors (Lipinski definition) is 1. The smallest absolute Gasteiger partial charge is 0.223 e. The lowest BCUT2D eigenvalue weighted by Gasteiger charge is -2.30. The molecule has 8 heteroatoms. The summed E-state index contributed by atoms with van der Waals surface area (Å²) in [6, 6.07) is 16.1. The van der Waals surface area contributed by atoms with E-state index >= 15 is 0 Å². The van der Waals surface area contributed by atoms with Gasteiger partial charge in [-0.3, -0.25) is 4.79 Å². The van der Waals surface area contributed by atoms with Gasteiger partial charge in [0, 0.05) is 36.1 Å². The number of carbonyl (C=O) groups excluding carboxylic acids is 1. The van der Waals surface area contributed by atoms with Gasteiger partial charge in [-0.1, -0.05) is 64.9 Å². The second kappa shape index (κ2) is 9.53. The molecule has 1 fully saturated rings. The lowest BCUT2D eigenvalue weighted by Crippen LogP contribution is -2.41. The molecule has 0 radical (unpaired) electrons. The Kier molecular flexibility index (Phi) is 6.33. The number of halogens is 1.